The van der Waals surface area contributed by atoms with Gasteiger partial charge in [0.15, 0.2) is 0 Å². The van der Waals surface area contributed by atoms with Crippen LogP contribution in [0.5, 0.6) is 0 Å². The van der Waals surface area contributed by atoms with Crippen LogP contribution in [0.3, 0.4) is 0 Å². The van der Waals surface area contributed by atoms with Crippen molar-refractivity contribution in [1.82, 2.24) is 4.90 Å². The number of rotatable bonds is 13. The smallest absolute Gasteiger partial charge is 0.0188 e. The van der Waals surface area contributed by atoms with E-state index in [0.717, 1.165) is 0 Å². The van der Waals surface area contributed by atoms with Gasteiger partial charge in [-0.05, 0) is 19.8 Å². The molecule has 0 bridgehead atoms. The van der Waals surface area contributed by atoms with Gasteiger partial charge in [-0.2, -0.15) is 0 Å². The Labute approximate surface area is 134 Å². The van der Waals surface area contributed by atoms with Gasteiger partial charge in [-0.15, -0.1) is 0 Å². The second kappa shape index (κ2) is 11.3. The molecule has 0 saturated carbocycles. The Balaban J connectivity index is 2.31. The van der Waals surface area contributed by atoms with Crippen LogP contribution in [0.2, 0.25) is 0 Å². The van der Waals surface area contributed by atoms with E-state index >= 15 is 0 Å². The lowest BCUT2D eigenvalue weighted by Gasteiger charge is -2.39. The van der Waals surface area contributed by atoms with Gasteiger partial charge in [0.25, 0.3) is 0 Å². The van der Waals surface area contributed by atoms with Crippen molar-refractivity contribution in [2.45, 2.75) is 103 Å². The topological polar surface area (TPSA) is 3.24 Å². The highest BCUT2D eigenvalue weighted by atomic mass is 15.2. The van der Waals surface area contributed by atoms with Crippen LogP contribution in [0, 0.1) is 0 Å². The van der Waals surface area contributed by atoms with Crippen LogP contribution in [0.15, 0.2) is 12.2 Å². The Kier molecular flexibility index (Phi) is 10.1. The summed E-state index contributed by atoms with van der Waals surface area (Å²) in [6.07, 6.45) is 21.6. The summed E-state index contributed by atoms with van der Waals surface area (Å²) in [5.74, 6) is 0. The van der Waals surface area contributed by atoms with Gasteiger partial charge in [-0.25, -0.2) is 0 Å². The molecule has 0 aliphatic carbocycles. The third-order valence-corrected chi connectivity index (χ3v) is 5.22. The van der Waals surface area contributed by atoms with Crippen LogP contribution in [0.4, 0.5) is 0 Å². The summed E-state index contributed by atoms with van der Waals surface area (Å²) in [6, 6.07) is 0. The first-order valence-corrected chi connectivity index (χ1v) is 9.63. The average molecular weight is 294 g/mol. The largest absolute Gasteiger partial charge is 0.291 e. The molecule has 124 valence electrons. The molecule has 0 aromatic heterocycles. The third-order valence-electron chi connectivity index (χ3n) is 5.22. The molecule has 1 nitrogen and oxygen atoms in total. The molecule has 0 unspecified atom stereocenters. The molecule has 1 aliphatic heterocycles. The highest BCUT2D eigenvalue weighted by molar-refractivity contribution is 5.01. The minimum atomic E-state index is 0.446. The zero-order valence-corrected chi connectivity index (χ0v) is 15.0. The third kappa shape index (κ3) is 7.49. The van der Waals surface area contributed by atoms with Crippen molar-refractivity contribution < 1.29 is 0 Å². The van der Waals surface area contributed by atoms with Crippen LogP contribution in [0.25, 0.3) is 0 Å². The van der Waals surface area contributed by atoms with Crippen molar-refractivity contribution in [3.8, 4) is 0 Å². The average Bonchev–Trinajstić information content (AvgIpc) is 3.02. The van der Waals surface area contributed by atoms with Gasteiger partial charge in [0.1, 0.15) is 0 Å². The number of hydrogen-bond donors (Lipinski definition) is 0. The van der Waals surface area contributed by atoms with Crippen LogP contribution < -0.4 is 0 Å². The standard InChI is InChI=1S/C20H39N/c1-4-6-8-10-12-16-20(3,21-18-14-15-19-21)17-13-11-9-7-5-2/h14-15H,4-13,16-19H2,1-3H3. The zero-order chi connectivity index (χ0) is 15.4. The number of hydrogen-bond acceptors (Lipinski definition) is 1. The van der Waals surface area contributed by atoms with Gasteiger partial charge in [-0.3, -0.25) is 4.90 Å². The molecule has 1 rings (SSSR count). The molecule has 0 amide bonds. The van der Waals surface area contributed by atoms with Crippen molar-refractivity contribution >= 4 is 0 Å². The maximum absolute atomic E-state index is 2.71. The van der Waals surface area contributed by atoms with Crippen LogP contribution >= 0.6 is 0 Å². The Hall–Kier alpha value is -0.300. The molecule has 1 aliphatic rings. The van der Waals surface area contributed by atoms with E-state index in [9.17, 15) is 0 Å². The fraction of sp³-hybridized carbons (Fsp3) is 0.900. The van der Waals surface area contributed by atoms with Gasteiger partial charge in [0.05, 0.1) is 0 Å². The SMILES string of the molecule is CCCCCCCC(C)(CCCCCCC)N1CC=CC1. The summed E-state index contributed by atoms with van der Waals surface area (Å²) in [4.78, 5) is 2.71. The minimum absolute atomic E-state index is 0.446. The molecule has 0 atom stereocenters. The van der Waals surface area contributed by atoms with Crippen molar-refractivity contribution in [1.29, 1.82) is 0 Å². The van der Waals surface area contributed by atoms with Gasteiger partial charge < -0.3 is 0 Å². The van der Waals surface area contributed by atoms with Crippen molar-refractivity contribution in [3.63, 3.8) is 0 Å². The lowest BCUT2D eigenvalue weighted by Crippen LogP contribution is -2.45. The summed E-state index contributed by atoms with van der Waals surface area (Å²) in [5, 5.41) is 0. The maximum Gasteiger partial charge on any atom is 0.0188 e. The fourth-order valence-electron chi connectivity index (χ4n) is 3.58. The van der Waals surface area contributed by atoms with Crippen molar-refractivity contribution in [3.05, 3.63) is 12.2 Å². The number of nitrogens with zero attached hydrogens (tertiary/aromatic N) is 1. The first-order chi connectivity index (χ1) is 10.2. The second-order valence-electron chi connectivity index (χ2n) is 7.20. The molecule has 1 heteroatoms. The number of unbranched alkanes of at least 4 members (excludes halogenated alkanes) is 8. The van der Waals surface area contributed by atoms with Gasteiger partial charge in [0, 0.05) is 18.6 Å². The Morgan fingerprint density at radius 1 is 0.714 bits per heavy atom. The van der Waals surface area contributed by atoms with Crippen molar-refractivity contribution in [2.75, 3.05) is 13.1 Å². The van der Waals surface area contributed by atoms with E-state index < -0.39 is 0 Å². The normalized spacial score (nSPS) is 16.0. The molecule has 0 spiro atoms. The summed E-state index contributed by atoms with van der Waals surface area (Å²) < 4.78 is 0. The highest BCUT2D eigenvalue weighted by Crippen LogP contribution is 2.30. The van der Waals surface area contributed by atoms with Crippen molar-refractivity contribution in [2.24, 2.45) is 0 Å². The van der Waals surface area contributed by atoms with E-state index in [2.05, 4.69) is 37.8 Å². The van der Waals surface area contributed by atoms with Crippen LogP contribution in [0.1, 0.15) is 97.8 Å². The highest BCUT2D eigenvalue weighted by Gasteiger charge is 2.30. The lowest BCUT2D eigenvalue weighted by atomic mass is 9.86. The van der Waals surface area contributed by atoms with E-state index in [0.29, 0.717) is 5.54 Å². The van der Waals surface area contributed by atoms with E-state index in [1.807, 2.05) is 0 Å². The molecular formula is C20H39N. The molecule has 0 fully saturated rings. The Morgan fingerprint density at radius 2 is 1.14 bits per heavy atom. The maximum atomic E-state index is 2.71. The van der Waals surface area contributed by atoms with Crippen LogP contribution in [-0.4, -0.2) is 23.5 Å². The van der Waals surface area contributed by atoms with E-state index in [-0.39, 0.29) is 0 Å². The minimum Gasteiger partial charge on any atom is -0.291 e. The van der Waals surface area contributed by atoms with E-state index in [4.69, 9.17) is 0 Å². The molecule has 0 saturated heterocycles. The predicted octanol–water partition coefficient (Wildman–Crippen LogP) is 6.34. The molecule has 21 heavy (non-hydrogen) atoms. The summed E-state index contributed by atoms with van der Waals surface area (Å²) in [5.41, 5.74) is 0.446. The van der Waals surface area contributed by atoms with Gasteiger partial charge >= 0.3 is 0 Å². The molecule has 1 heterocycles. The Morgan fingerprint density at radius 3 is 1.57 bits per heavy atom. The first kappa shape index (κ1) is 18.7. The molecule has 0 N–H and O–H groups in total. The predicted molar refractivity (Wildman–Crippen MR) is 95.9 cm³/mol. The van der Waals surface area contributed by atoms with E-state index in [1.54, 1.807) is 0 Å². The molecule has 0 aromatic rings. The lowest BCUT2D eigenvalue weighted by molar-refractivity contribution is 0.113. The van der Waals surface area contributed by atoms with Gasteiger partial charge in [-0.1, -0.05) is 90.2 Å². The zero-order valence-electron chi connectivity index (χ0n) is 15.0. The quantitative estimate of drug-likeness (QED) is 0.283. The monoisotopic (exact) mass is 293 g/mol. The second-order valence-corrected chi connectivity index (χ2v) is 7.20. The van der Waals surface area contributed by atoms with E-state index in [1.165, 1.54) is 90.1 Å². The Bertz CT molecular complexity index is 247. The molecular weight excluding hydrogens is 254 g/mol. The summed E-state index contributed by atoms with van der Waals surface area (Å²) in [6.45, 7) is 9.49. The summed E-state index contributed by atoms with van der Waals surface area (Å²) >= 11 is 0. The van der Waals surface area contributed by atoms with Crippen LogP contribution in [-0.2, 0) is 0 Å². The first-order valence-electron chi connectivity index (χ1n) is 9.63. The molecule has 0 aromatic carbocycles. The van der Waals surface area contributed by atoms with Gasteiger partial charge in [0.2, 0.25) is 0 Å². The summed E-state index contributed by atoms with van der Waals surface area (Å²) in [7, 11) is 0. The molecule has 0 radical (unpaired) electrons. The fourth-order valence-corrected chi connectivity index (χ4v) is 3.58.